The molecule has 0 N–H and O–H groups in total. The van der Waals surface area contributed by atoms with Crippen LogP contribution in [0.5, 0.6) is 0 Å². The van der Waals surface area contributed by atoms with Gasteiger partial charge in [-0.15, -0.1) is 0 Å². The number of carbonyl (C=O) groups is 1. The van der Waals surface area contributed by atoms with Crippen molar-refractivity contribution >= 4 is 5.91 Å². The number of amides is 1. The van der Waals surface area contributed by atoms with Crippen LogP contribution >= 0.6 is 0 Å². The maximum atomic E-state index is 12.8. The number of piperidine rings is 1. The molecule has 1 saturated heterocycles. The van der Waals surface area contributed by atoms with Gasteiger partial charge in [-0.25, -0.2) is 0 Å². The quantitative estimate of drug-likeness (QED) is 0.398. The van der Waals surface area contributed by atoms with Gasteiger partial charge in [0.05, 0.1) is 0 Å². The maximum Gasteiger partial charge on any atom is 2.00 e. The molecule has 164 valence electrons. The van der Waals surface area contributed by atoms with Crippen LogP contribution in [0.15, 0.2) is 11.6 Å². The fourth-order valence-electron chi connectivity index (χ4n) is 3.38. The van der Waals surface area contributed by atoms with Gasteiger partial charge < -0.3 is 4.90 Å². The molecule has 1 amide bonds. The van der Waals surface area contributed by atoms with E-state index in [1.807, 2.05) is 127 Å². The second-order valence-corrected chi connectivity index (χ2v) is 7.23. The fourth-order valence-corrected chi connectivity index (χ4v) is 3.38. The standard InChI is InChI=1S/C18H19NO.2C5H5.2Fe/c20-18(19-12-6-1-7-13-19)17(16-10-4-5-11-16)14-15-8-2-3-9-15;2*1-2-4-5-3-1;;/h2-5,8-11,14H,1,6-7,12-13H2;2*1-5H;;/q;;;2*+2/b17-14+;;;;. The predicted octanol–water partition coefficient (Wildman–Crippen LogP) is 4.77. The average molecular weight is 507 g/mol. The average Bonchev–Trinajstić information content (AvgIpc) is 3.63. The summed E-state index contributed by atoms with van der Waals surface area (Å²) in [5.41, 5.74) is 0.808. The van der Waals surface area contributed by atoms with Gasteiger partial charge in [0.25, 0.3) is 0 Å². The first-order valence-electron chi connectivity index (χ1n) is 10.6. The molecule has 0 aromatic rings. The zero-order valence-electron chi connectivity index (χ0n) is 18.1. The minimum absolute atomic E-state index is 0. The Labute approximate surface area is 220 Å². The Morgan fingerprint density at radius 2 is 1.00 bits per heavy atom. The maximum absolute atomic E-state index is 12.8. The number of rotatable bonds is 3. The molecule has 1 heterocycles. The molecule has 4 aliphatic carbocycles. The van der Waals surface area contributed by atoms with Crippen molar-refractivity contribution < 1.29 is 38.9 Å². The third-order valence-corrected chi connectivity index (χ3v) is 4.96. The van der Waals surface area contributed by atoms with Crippen LogP contribution in [-0.2, 0) is 38.9 Å². The van der Waals surface area contributed by atoms with E-state index in [1.54, 1.807) is 0 Å². The largest absolute Gasteiger partial charge is 2.00 e. The Kier molecular flexibility index (Phi) is 17.6. The van der Waals surface area contributed by atoms with Crippen LogP contribution in [0.4, 0.5) is 0 Å². The molecule has 4 heteroatoms. The summed E-state index contributed by atoms with van der Waals surface area (Å²) < 4.78 is 0. The molecule has 5 rings (SSSR count). The van der Waals surface area contributed by atoms with Gasteiger partial charge in [-0.05, 0) is 135 Å². The molecule has 20 radical (unpaired) electrons. The summed E-state index contributed by atoms with van der Waals surface area (Å²) in [6, 6.07) is 0. The second kappa shape index (κ2) is 18.6. The SMILES string of the molecule is O=C(/C(=C/[C]1[CH][CH][CH][CH]1)[C]1[CH][CH][CH][CH]1)N1CCCCC1.[CH]1[CH][CH][CH][CH]1.[CH]1[CH][CH][CH][CH]1.[Fe+2].[Fe+2]. The number of nitrogens with zero attached hydrogens (tertiary/aromatic N) is 1. The van der Waals surface area contributed by atoms with E-state index in [0.717, 1.165) is 43.3 Å². The van der Waals surface area contributed by atoms with Gasteiger partial charge in [-0.1, -0.05) is 6.08 Å². The van der Waals surface area contributed by atoms with Gasteiger partial charge >= 0.3 is 34.1 Å². The van der Waals surface area contributed by atoms with E-state index >= 15 is 0 Å². The molecule has 0 bridgehead atoms. The van der Waals surface area contributed by atoms with E-state index in [-0.39, 0.29) is 40.0 Å². The Balaban J connectivity index is 0.000000353. The summed E-state index contributed by atoms with van der Waals surface area (Å²) >= 11 is 0. The molecular formula is C28H29Fe2NO+4. The van der Waals surface area contributed by atoms with E-state index in [4.69, 9.17) is 0 Å². The van der Waals surface area contributed by atoms with Gasteiger partial charge in [0, 0.05) is 30.5 Å². The Hall–Kier alpha value is 0.249. The molecule has 0 unspecified atom stereocenters. The van der Waals surface area contributed by atoms with Crippen molar-refractivity contribution in [3.63, 3.8) is 0 Å². The van der Waals surface area contributed by atoms with Crippen LogP contribution in [0.3, 0.4) is 0 Å². The van der Waals surface area contributed by atoms with E-state index in [0.29, 0.717) is 0 Å². The number of hydrogen-bond donors (Lipinski definition) is 0. The normalized spacial score (nSPS) is 24.0. The Morgan fingerprint density at radius 1 is 0.594 bits per heavy atom. The van der Waals surface area contributed by atoms with Crippen LogP contribution < -0.4 is 0 Å². The molecule has 0 atom stereocenters. The molecule has 5 aliphatic rings. The Bertz CT molecular complexity index is 470. The van der Waals surface area contributed by atoms with Crippen LogP contribution in [0.1, 0.15) is 19.3 Å². The third kappa shape index (κ3) is 11.1. The van der Waals surface area contributed by atoms with Crippen LogP contribution in [0, 0.1) is 127 Å². The molecule has 5 fully saturated rings. The van der Waals surface area contributed by atoms with Crippen LogP contribution in [0.2, 0.25) is 0 Å². The van der Waals surface area contributed by atoms with E-state index < -0.39 is 0 Å². The predicted molar refractivity (Wildman–Crippen MR) is 122 cm³/mol. The summed E-state index contributed by atoms with van der Waals surface area (Å²) in [6.45, 7) is 1.77. The van der Waals surface area contributed by atoms with Crippen molar-refractivity contribution in [2.24, 2.45) is 0 Å². The monoisotopic (exact) mass is 507 g/mol. The molecule has 0 aromatic carbocycles. The number of likely N-dealkylation sites (tertiary alicyclic amines) is 1. The number of allylic oxidation sites excluding steroid dienone is 1. The van der Waals surface area contributed by atoms with Crippen molar-refractivity contribution in [3.8, 4) is 0 Å². The summed E-state index contributed by atoms with van der Waals surface area (Å²) in [6.07, 6.45) is 41.5. The van der Waals surface area contributed by atoms with E-state index in [9.17, 15) is 4.79 Å². The molecule has 2 nitrogen and oxygen atoms in total. The van der Waals surface area contributed by atoms with Crippen molar-refractivity contribution in [3.05, 3.63) is 139 Å². The first kappa shape index (κ1) is 30.3. The van der Waals surface area contributed by atoms with Crippen molar-refractivity contribution in [1.29, 1.82) is 0 Å². The van der Waals surface area contributed by atoms with Gasteiger partial charge in [-0.2, -0.15) is 0 Å². The van der Waals surface area contributed by atoms with Gasteiger partial charge in [-0.3, -0.25) is 4.79 Å². The Morgan fingerprint density at radius 3 is 1.44 bits per heavy atom. The summed E-state index contributed by atoms with van der Waals surface area (Å²) in [5, 5.41) is 0. The van der Waals surface area contributed by atoms with E-state index in [2.05, 4.69) is 0 Å². The molecule has 4 saturated carbocycles. The van der Waals surface area contributed by atoms with Gasteiger partial charge in [0.15, 0.2) is 0 Å². The topological polar surface area (TPSA) is 20.3 Å². The second-order valence-electron chi connectivity index (χ2n) is 7.23. The smallest absolute Gasteiger partial charge is 0.339 e. The molecular weight excluding hydrogens is 478 g/mol. The minimum atomic E-state index is 0. The number of hydrogen-bond acceptors (Lipinski definition) is 1. The summed E-state index contributed by atoms with van der Waals surface area (Å²) in [4.78, 5) is 14.8. The summed E-state index contributed by atoms with van der Waals surface area (Å²) in [5.74, 6) is 2.27. The van der Waals surface area contributed by atoms with Crippen molar-refractivity contribution in [2.75, 3.05) is 13.1 Å². The van der Waals surface area contributed by atoms with Crippen LogP contribution in [-0.4, -0.2) is 23.9 Å². The molecule has 1 aliphatic heterocycles. The fraction of sp³-hybridized carbons (Fsp3) is 0.179. The van der Waals surface area contributed by atoms with Crippen molar-refractivity contribution in [1.82, 2.24) is 4.90 Å². The molecule has 32 heavy (non-hydrogen) atoms. The van der Waals surface area contributed by atoms with Crippen LogP contribution in [0.25, 0.3) is 0 Å². The summed E-state index contributed by atoms with van der Waals surface area (Å²) in [7, 11) is 0. The first-order chi connectivity index (χ1) is 14.8. The molecule has 0 spiro atoms. The number of carbonyl (C=O) groups excluding carboxylic acids is 1. The zero-order chi connectivity index (χ0) is 20.9. The zero-order valence-corrected chi connectivity index (χ0v) is 20.3. The first-order valence-corrected chi connectivity index (χ1v) is 10.6. The van der Waals surface area contributed by atoms with Gasteiger partial charge in [0.2, 0.25) is 5.91 Å². The van der Waals surface area contributed by atoms with Gasteiger partial charge in [0.1, 0.15) is 0 Å². The van der Waals surface area contributed by atoms with E-state index in [1.165, 1.54) is 6.42 Å². The third-order valence-electron chi connectivity index (χ3n) is 4.96. The minimum Gasteiger partial charge on any atom is -0.339 e. The molecule has 0 aromatic heterocycles. The van der Waals surface area contributed by atoms with Crippen molar-refractivity contribution in [2.45, 2.75) is 19.3 Å².